The number of nitriles is 3. The molecule has 8 nitrogen and oxygen atoms in total. The molecule has 51 heavy (non-hydrogen) atoms. The van der Waals surface area contributed by atoms with Gasteiger partial charge in [-0.25, -0.2) is 0 Å². The Morgan fingerprint density at radius 3 is 2.20 bits per heavy atom. The largest absolute Gasteiger partial charge is 0.508 e. The summed E-state index contributed by atoms with van der Waals surface area (Å²) in [5, 5.41) is 48.1. The molecule has 2 N–H and O–H groups in total. The third-order valence-electron chi connectivity index (χ3n) is 7.97. The zero-order valence-electron chi connectivity index (χ0n) is 27.1. The van der Waals surface area contributed by atoms with Crippen molar-refractivity contribution in [1.82, 2.24) is 0 Å². The summed E-state index contributed by atoms with van der Waals surface area (Å²) in [6, 6.07) is 27.7. The number of thiophene rings is 1. The fourth-order valence-corrected chi connectivity index (χ4v) is 6.20. The van der Waals surface area contributed by atoms with E-state index in [0.717, 1.165) is 52.0 Å². The lowest BCUT2D eigenvalue weighted by atomic mass is 9.83. The van der Waals surface area contributed by atoms with E-state index in [1.165, 1.54) is 29.6 Å². The number of halogens is 3. The number of benzene rings is 3. The van der Waals surface area contributed by atoms with Gasteiger partial charge in [-0.1, -0.05) is 48.5 Å². The zero-order chi connectivity index (χ0) is 36.6. The molecule has 12 heteroatoms. The minimum absolute atomic E-state index is 0.0116. The van der Waals surface area contributed by atoms with Gasteiger partial charge in [-0.05, 0) is 60.2 Å². The minimum atomic E-state index is -5.16. The Morgan fingerprint density at radius 2 is 1.59 bits per heavy atom. The monoisotopic (exact) mass is 706 g/mol. The van der Waals surface area contributed by atoms with Crippen LogP contribution >= 0.6 is 11.3 Å². The second-order valence-corrected chi connectivity index (χ2v) is 12.4. The first kappa shape index (κ1) is 36.0. The fourth-order valence-electron chi connectivity index (χ4n) is 5.38. The van der Waals surface area contributed by atoms with Crippen LogP contribution in [-0.4, -0.2) is 36.6 Å². The molecule has 0 spiro atoms. The molecular weight excluding hydrogens is 678 g/mol. The Hall–Kier alpha value is -6.26. The van der Waals surface area contributed by atoms with Crippen LogP contribution in [0, 0.1) is 34.0 Å². The van der Waals surface area contributed by atoms with Crippen molar-refractivity contribution in [3.05, 3.63) is 140 Å². The SMILES string of the molecule is CN(CCO)c1ccc(/C=C/c2ccc(/C=C/C3=C(C#N)C(=C(C#N)C#N)OC3(c3ccc(O)cc3)C(F)(F)F)s2)c(OCc2ccccc2)c1. The maximum atomic E-state index is 15.1. The quantitative estimate of drug-likeness (QED) is 0.149. The highest BCUT2D eigenvalue weighted by Crippen LogP contribution is 2.56. The van der Waals surface area contributed by atoms with Crippen LogP contribution in [0.5, 0.6) is 11.5 Å². The van der Waals surface area contributed by atoms with Gasteiger partial charge in [-0.15, -0.1) is 11.3 Å². The molecule has 1 aliphatic rings. The van der Waals surface area contributed by atoms with Gasteiger partial charge in [-0.3, -0.25) is 0 Å². The number of hydrogen-bond donors (Lipinski definition) is 2. The van der Waals surface area contributed by atoms with Gasteiger partial charge in [0.2, 0.25) is 0 Å². The summed E-state index contributed by atoms with van der Waals surface area (Å²) >= 11 is 1.27. The summed E-state index contributed by atoms with van der Waals surface area (Å²) < 4.78 is 56.9. The molecule has 0 bridgehead atoms. The summed E-state index contributed by atoms with van der Waals surface area (Å²) in [6.45, 7) is 0.756. The molecule has 0 aliphatic carbocycles. The number of aromatic hydroxyl groups is 1. The van der Waals surface area contributed by atoms with Crippen molar-refractivity contribution in [1.29, 1.82) is 15.8 Å². The topological polar surface area (TPSA) is 134 Å². The molecule has 4 aromatic rings. The van der Waals surface area contributed by atoms with E-state index in [1.54, 1.807) is 18.2 Å². The first-order valence-corrected chi connectivity index (χ1v) is 16.2. The Balaban J connectivity index is 1.50. The van der Waals surface area contributed by atoms with Crippen LogP contribution in [0.1, 0.15) is 26.4 Å². The number of ether oxygens (including phenoxy) is 2. The van der Waals surface area contributed by atoms with E-state index in [4.69, 9.17) is 9.47 Å². The van der Waals surface area contributed by atoms with Gasteiger partial charge in [-0.2, -0.15) is 29.0 Å². The standard InChI is InChI=1S/C39H29F3N4O4S/c1-46(19-20-47)30-11-7-27(36(21-30)49-25-26-5-3-2-4-6-26)8-14-32-15-16-33(51-32)17-18-35-34(24-45)37(28(22-43)23-44)50-38(35,39(40,41)42)29-9-12-31(48)13-10-29/h2-18,21,47-48H,19-20,25H2,1H3/b14-8+,18-17+. The molecule has 1 atom stereocenters. The Morgan fingerprint density at radius 1 is 0.922 bits per heavy atom. The van der Waals surface area contributed by atoms with Crippen molar-refractivity contribution in [3.63, 3.8) is 0 Å². The van der Waals surface area contributed by atoms with E-state index in [0.29, 0.717) is 23.8 Å². The van der Waals surface area contributed by atoms with Crippen molar-refractivity contribution < 1.29 is 32.9 Å². The third-order valence-corrected chi connectivity index (χ3v) is 8.98. The molecule has 3 aromatic carbocycles. The maximum Gasteiger partial charge on any atom is 0.437 e. The van der Waals surface area contributed by atoms with Crippen molar-refractivity contribution in [2.24, 2.45) is 0 Å². The Bertz CT molecular complexity index is 2140. The lowest BCUT2D eigenvalue weighted by Crippen LogP contribution is -2.43. The molecule has 2 heterocycles. The van der Waals surface area contributed by atoms with E-state index in [2.05, 4.69) is 0 Å². The van der Waals surface area contributed by atoms with Gasteiger partial charge in [0.1, 0.15) is 41.9 Å². The van der Waals surface area contributed by atoms with Crippen LogP contribution in [-0.2, 0) is 16.9 Å². The predicted octanol–water partition coefficient (Wildman–Crippen LogP) is 8.25. The number of alkyl halides is 3. The van der Waals surface area contributed by atoms with Crippen LogP contribution in [0.15, 0.2) is 113 Å². The maximum absolute atomic E-state index is 15.1. The Kier molecular flexibility index (Phi) is 11.0. The molecule has 5 rings (SSSR count). The number of likely N-dealkylation sites (N-methyl/N-ethyl adjacent to an activating group) is 1. The number of aliphatic hydroxyl groups is 1. The van der Waals surface area contributed by atoms with Crippen molar-refractivity contribution in [3.8, 4) is 29.7 Å². The molecular formula is C39H29F3N4O4S. The van der Waals surface area contributed by atoms with Crippen LogP contribution in [0.4, 0.5) is 18.9 Å². The number of allylic oxidation sites excluding steroid dienone is 2. The highest BCUT2D eigenvalue weighted by atomic mass is 32.1. The van der Waals surface area contributed by atoms with Gasteiger partial charge in [0.25, 0.3) is 5.60 Å². The molecule has 0 radical (unpaired) electrons. The van der Waals surface area contributed by atoms with Crippen LogP contribution in [0.2, 0.25) is 0 Å². The molecule has 0 fully saturated rings. The number of nitrogens with zero attached hydrogens (tertiary/aromatic N) is 4. The van der Waals surface area contributed by atoms with Crippen LogP contribution < -0.4 is 9.64 Å². The second kappa shape index (κ2) is 15.5. The highest BCUT2D eigenvalue weighted by Gasteiger charge is 2.65. The molecule has 256 valence electrons. The summed E-state index contributed by atoms with van der Waals surface area (Å²) in [6.07, 6.45) is 1.05. The molecule has 0 amide bonds. The van der Waals surface area contributed by atoms with Crippen LogP contribution in [0.25, 0.3) is 18.2 Å². The summed E-state index contributed by atoms with van der Waals surface area (Å²) in [5.74, 6) is -0.455. The van der Waals surface area contributed by atoms with Gasteiger partial charge in [0.15, 0.2) is 11.3 Å². The van der Waals surface area contributed by atoms with Gasteiger partial charge in [0.05, 0.1) is 6.61 Å². The smallest absolute Gasteiger partial charge is 0.437 e. The average molecular weight is 707 g/mol. The van der Waals surface area contributed by atoms with E-state index >= 15 is 13.2 Å². The van der Waals surface area contributed by atoms with Crippen molar-refractivity contribution in [2.75, 3.05) is 25.1 Å². The minimum Gasteiger partial charge on any atom is -0.508 e. The number of phenolic OH excluding ortho intramolecular Hbond substituents is 1. The first-order valence-electron chi connectivity index (χ1n) is 15.4. The highest BCUT2D eigenvalue weighted by molar-refractivity contribution is 7.13. The van der Waals surface area contributed by atoms with Crippen molar-refractivity contribution >= 4 is 35.3 Å². The number of rotatable bonds is 11. The van der Waals surface area contributed by atoms with E-state index in [1.807, 2.05) is 72.6 Å². The number of hydrogen-bond acceptors (Lipinski definition) is 9. The van der Waals surface area contributed by atoms with Gasteiger partial charge in [0, 0.05) is 51.8 Å². The van der Waals surface area contributed by atoms with E-state index < -0.39 is 39.8 Å². The lowest BCUT2D eigenvalue weighted by Gasteiger charge is -2.33. The Labute approximate surface area is 296 Å². The van der Waals surface area contributed by atoms with Crippen LogP contribution in [0.3, 0.4) is 0 Å². The average Bonchev–Trinajstić information content (AvgIpc) is 3.73. The van der Waals surface area contributed by atoms with E-state index in [-0.39, 0.29) is 12.4 Å². The van der Waals surface area contributed by atoms with Gasteiger partial charge >= 0.3 is 6.18 Å². The number of anilines is 1. The normalized spacial score (nSPS) is 15.8. The van der Waals surface area contributed by atoms with Crippen molar-refractivity contribution in [2.45, 2.75) is 18.4 Å². The summed E-state index contributed by atoms with van der Waals surface area (Å²) in [7, 11) is 1.86. The zero-order valence-corrected chi connectivity index (χ0v) is 27.9. The van der Waals surface area contributed by atoms with Gasteiger partial charge < -0.3 is 24.6 Å². The summed E-state index contributed by atoms with van der Waals surface area (Å²) in [4.78, 5) is 3.21. The fraction of sp³-hybridized carbons (Fsp3) is 0.154. The molecule has 0 saturated carbocycles. The molecule has 1 unspecified atom stereocenters. The summed E-state index contributed by atoms with van der Waals surface area (Å²) in [5.41, 5.74) is -3.10. The molecule has 1 aromatic heterocycles. The lowest BCUT2D eigenvalue weighted by molar-refractivity contribution is -0.249. The number of phenols is 1. The number of aliphatic hydroxyl groups excluding tert-OH is 1. The third kappa shape index (κ3) is 7.66. The van der Waals surface area contributed by atoms with E-state index in [9.17, 15) is 26.0 Å². The predicted molar refractivity (Wildman–Crippen MR) is 188 cm³/mol. The first-order chi connectivity index (χ1) is 24.5. The second-order valence-electron chi connectivity index (χ2n) is 11.2. The molecule has 0 saturated heterocycles. The molecule has 1 aliphatic heterocycles.